The molecule has 0 bridgehead atoms. The van der Waals surface area contributed by atoms with Crippen molar-refractivity contribution in [1.29, 1.82) is 0 Å². The summed E-state index contributed by atoms with van der Waals surface area (Å²) in [4.78, 5) is 18.8. The molecule has 0 aliphatic heterocycles. The summed E-state index contributed by atoms with van der Waals surface area (Å²) in [6.07, 6.45) is 3.15. The number of aromatic nitrogens is 3. The molecule has 156 valence electrons. The first kappa shape index (κ1) is 20.3. The van der Waals surface area contributed by atoms with Crippen molar-refractivity contribution in [2.45, 2.75) is 19.6 Å². The van der Waals surface area contributed by atoms with Gasteiger partial charge in [0.1, 0.15) is 25.0 Å². The molecule has 1 aromatic heterocycles. The number of nitrogens with zero attached hydrogens (tertiary/aromatic N) is 4. The molecule has 4 aromatic rings. The number of benzene rings is 3. The topological polar surface area (TPSA) is 60.2 Å². The van der Waals surface area contributed by atoms with Gasteiger partial charge in [-0.2, -0.15) is 5.10 Å². The molecule has 6 nitrogen and oxygen atoms in total. The molecule has 0 radical (unpaired) electrons. The van der Waals surface area contributed by atoms with E-state index in [0.717, 1.165) is 16.8 Å². The standard InChI is InChI=1S/C25H24N4O2/c1-19(21-11-13-23(14-12-21)29-18-26-17-27-29)28(2)25(30)22-9-6-10-24(15-22)31-16-20-7-4-3-5-8-20/h3-15,17-19H,16H2,1-2H3/t19-/m1/s1. The van der Waals surface area contributed by atoms with Gasteiger partial charge in [0.05, 0.1) is 11.7 Å². The molecule has 0 spiro atoms. The van der Waals surface area contributed by atoms with Crippen LogP contribution in [0.3, 0.4) is 0 Å². The Bertz CT molecular complexity index is 1130. The van der Waals surface area contributed by atoms with Gasteiger partial charge in [-0.15, -0.1) is 0 Å². The first-order chi connectivity index (χ1) is 15.1. The first-order valence-electron chi connectivity index (χ1n) is 10.1. The molecule has 0 fully saturated rings. The Morgan fingerprint density at radius 3 is 2.52 bits per heavy atom. The highest BCUT2D eigenvalue weighted by molar-refractivity contribution is 5.94. The summed E-state index contributed by atoms with van der Waals surface area (Å²) in [5, 5.41) is 4.14. The van der Waals surface area contributed by atoms with Crippen LogP contribution in [0.4, 0.5) is 0 Å². The molecule has 0 aliphatic rings. The number of hydrogen-bond donors (Lipinski definition) is 0. The summed E-state index contributed by atoms with van der Waals surface area (Å²) in [5.41, 5.74) is 3.64. The molecule has 31 heavy (non-hydrogen) atoms. The van der Waals surface area contributed by atoms with Crippen molar-refractivity contribution in [3.8, 4) is 11.4 Å². The van der Waals surface area contributed by atoms with Crippen LogP contribution >= 0.6 is 0 Å². The van der Waals surface area contributed by atoms with Crippen molar-refractivity contribution in [3.05, 3.63) is 108 Å². The van der Waals surface area contributed by atoms with Crippen molar-refractivity contribution in [1.82, 2.24) is 19.7 Å². The van der Waals surface area contributed by atoms with E-state index in [1.165, 1.54) is 6.33 Å². The number of hydrogen-bond acceptors (Lipinski definition) is 4. The zero-order chi connectivity index (χ0) is 21.6. The van der Waals surface area contributed by atoms with Gasteiger partial charge in [0.15, 0.2) is 0 Å². The molecular weight excluding hydrogens is 388 g/mol. The van der Waals surface area contributed by atoms with Gasteiger partial charge in [-0.05, 0) is 48.4 Å². The predicted octanol–water partition coefficient (Wildman–Crippen LogP) is 4.68. The maximum atomic E-state index is 13.1. The van der Waals surface area contributed by atoms with Gasteiger partial charge >= 0.3 is 0 Å². The average molecular weight is 412 g/mol. The maximum Gasteiger partial charge on any atom is 0.254 e. The Kier molecular flexibility index (Phi) is 6.08. The van der Waals surface area contributed by atoms with Gasteiger partial charge < -0.3 is 9.64 Å². The fraction of sp³-hybridized carbons (Fsp3) is 0.160. The molecule has 1 amide bonds. The second kappa shape index (κ2) is 9.26. The highest BCUT2D eigenvalue weighted by Crippen LogP contribution is 2.23. The van der Waals surface area contributed by atoms with E-state index in [-0.39, 0.29) is 11.9 Å². The quantitative estimate of drug-likeness (QED) is 0.442. The molecular formula is C25H24N4O2. The van der Waals surface area contributed by atoms with E-state index in [2.05, 4.69) is 10.1 Å². The molecule has 0 saturated heterocycles. The second-order valence-corrected chi connectivity index (χ2v) is 7.33. The summed E-state index contributed by atoms with van der Waals surface area (Å²) in [5.74, 6) is 0.617. The lowest BCUT2D eigenvalue weighted by Crippen LogP contribution is -2.29. The number of ether oxygens (including phenoxy) is 1. The predicted molar refractivity (Wildman–Crippen MR) is 119 cm³/mol. The zero-order valence-corrected chi connectivity index (χ0v) is 17.6. The van der Waals surface area contributed by atoms with Crippen molar-refractivity contribution in [2.75, 3.05) is 7.05 Å². The Hall–Kier alpha value is -3.93. The van der Waals surface area contributed by atoms with Crippen molar-refractivity contribution < 1.29 is 9.53 Å². The van der Waals surface area contributed by atoms with Crippen LogP contribution in [0.15, 0.2) is 91.5 Å². The Balaban J connectivity index is 1.43. The molecule has 0 aliphatic carbocycles. The van der Waals surface area contributed by atoms with E-state index in [9.17, 15) is 4.79 Å². The molecule has 3 aromatic carbocycles. The van der Waals surface area contributed by atoms with Crippen LogP contribution in [0, 0.1) is 0 Å². The van der Waals surface area contributed by atoms with E-state index in [1.807, 2.05) is 86.8 Å². The van der Waals surface area contributed by atoms with Crippen LogP contribution in [-0.2, 0) is 6.61 Å². The lowest BCUT2D eigenvalue weighted by Gasteiger charge is -2.26. The van der Waals surface area contributed by atoms with E-state index >= 15 is 0 Å². The third-order valence-electron chi connectivity index (χ3n) is 5.29. The molecule has 4 rings (SSSR count). The normalized spacial score (nSPS) is 11.7. The van der Waals surface area contributed by atoms with Crippen LogP contribution in [0.5, 0.6) is 5.75 Å². The van der Waals surface area contributed by atoms with Crippen LogP contribution in [0.1, 0.15) is 34.5 Å². The first-order valence-corrected chi connectivity index (χ1v) is 10.1. The average Bonchev–Trinajstić information content (AvgIpc) is 3.37. The fourth-order valence-corrected chi connectivity index (χ4v) is 3.31. The molecule has 0 unspecified atom stereocenters. The SMILES string of the molecule is C[C@H](c1ccc(-n2cncn2)cc1)N(C)C(=O)c1cccc(OCc2ccccc2)c1. The van der Waals surface area contributed by atoms with E-state index in [1.54, 1.807) is 22.0 Å². The van der Waals surface area contributed by atoms with E-state index in [0.29, 0.717) is 17.9 Å². The Morgan fingerprint density at radius 2 is 1.81 bits per heavy atom. The van der Waals surface area contributed by atoms with Crippen LogP contribution in [-0.4, -0.2) is 32.6 Å². The molecule has 0 N–H and O–H groups in total. The lowest BCUT2D eigenvalue weighted by atomic mass is 10.1. The summed E-state index contributed by atoms with van der Waals surface area (Å²) in [6.45, 7) is 2.47. The highest BCUT2D eigenvalue weighted by atomic mass is 16.5. The summed E-state index contributed by atoms with van der Waals surface area (Å²) in [6, 6.07) is 25.1. The molecule has 0 saturated carbocycles. The zero-order valence-electron chi connectivity index (χ0n) is 17.6. The number of carbonyl (C=O) groups is 1. The summed E-state index contributed by atoms with van der Waals surface area (Å²) in [7, 11) is 1.82. The van der Waals surface area contributed by atoms with Crippen LogP contribution < -0.4 is 4.74 Å². The van der Waals surface area contributed by atoms with Gasteiger partial charge in [-0.25, -0.2) is 9.67 Å². The Labute approximate surface area is 181 Å². The fourth-order valence-electron chi connectivity index (χ4n) is 3.31. The number of rotatable bonds is 7. The number of carbonyl (C=O) groups excluding carboxylic acids is 1. The Morgan fingerprint density at radius 1 is 1.03 bits per heavy atom. The second-order valence-electron chi connectivity index (χ2n) is 7.33. The minimum Gasteiger partial charge on any atom is -0.489 e. The van der Waals surface area contributed by atoms with Crippen molar-refractivity contribution in [2.24, 2.45) is 0 Å². The smallest absolute Gasteiger partial charge is 0.254 e. The van der Waals surface area contributed by atoms with E-state index < -0.39 is 0 Å². The number of amides is 1. The van der Waals surface area contributed by atoms with Crippen molar-refractivity contribution >= 4 is 5.91 Å². The monoisotopic (exact) mass is 412 g/mol. The van der Waals surface area contributed by atoms with Gasteiger partial charge in [-0.1, -0.05) is 48.5 Å². The van der Waals surface area contributed by atoms with Gasteiger partial charge in [0, 0.05) is 12.6 Å². The third-order valence-corrected chi connectivity index (χ3v) is 5.29. The molecule has 1 atom stereocenters. The molecule has 6 heteroatoms. The van der Waals surface area contributed by atoms with Crippen molar-refractivity contribution in [3.63, 3.8) is 0 Å². The van der Waals surface area contributed by atoms with Crippen LogP contribution in [0.2, 0.25) is 0 Å². The lowest BCUT2D eigenvalue weighted by molar-refractivity contribution is 0.0742. The van der Waals surface area contributed by atoms with Gasteiger partial charge in [0.2, 0.25) is 0 Å². The minimum atomic E-state index is -0.0915. The third kappa shape index (κ3) is 4.80. The van der Waals surface area contributed by atoms with Gasteiger partial charge in [-0.3, -0.25) is 4.79 Å². The highest BCUT2D eigenvalue weighted by Gasteiger charge is 2.19. The molecule has 1 heterocycles. The van der Waals surface area contributed by atoms with Gasteiger partial charge in [0.25, 0.3) is 5.91 Å². The largest absolute Gasteiger partial charge is 0.489 e. The summed E-state index contributed by atoms with van der Waals surface area (Å²) < 4.78 is 7.57. The maximum absolute atomic E-state index is 13.1. The summed E-state index contributed by atoms with van der Waals surface area (Å²) >= 11 is 0. The minimum absolute atomic E-state index is 0.0574. The van der Waals surface area contributed by atoms with Crippen LogP contribution in [0.25, 0.3) is 5.69 Å². The van der Waals surface area contributed by atoms with E-state index in [4.69, 9.17) is 4.74 Å².